The number of halogens is 1. The number of benzene rings is 1. The van der Waals surface area contributed by atoms with Gasteiger partial charge in [0.2, 0.25) is 17.7 Å². The normalized spacial score (nSPS) is 34.0. The van der Waals surface area contributed by atoms with Crippen molar-refractivity contribution < 1.29 is 24.2 Å². The molecule has 8 nitrogen and oxygen atoms in total. The van der Waals surface area contributed by atoms with E-state index in [0.717, 1.165) is 0 Å². The maximum Gasteiger partial charge on any atom is 0.246 e. The Labute approximate surface area is 189 Å². The number of hydrogen-bond acceptors (Lipinski definition) is 5. The number of ether oxygens (including phenoxy) is 1. The molecule has 0 aliphatic carbocycles. The summed E-state index contributed by atoms with van der Waals surface area (Å²) in [5.41, 5.74) is -0.983. The molecule has 1 aromatic carbocycles. The van der Waals surface area contributed by atoms with E-state index >= 15 is 0 Å². The van der Waals surface area contributed by atoms with Gasteiger partial charge in [-0.25, -0.2) is 0 Å². The summed E-state index contributed by atoms with van der Waals surface area (Å²) in [6.07, 6.45) is -0.0771. The van der Waals surface area contributed by atoms with Crippen LogP contribution in [0.15, 0.2) is 30.3 Å². The molecule has 4 rings (SSSR count). The van der Waals surface area contributed by atoms with Crippen LogP contribution in [0.25, 0.3) is 0 Å². The van der Waals surface area contributed by atoms with Gasteiger partial charge in [0.1, 0.15) is 11.6 Å². The smallest absolute Gasteiger partial charge is 0.246 e. The van der Waals surface area contributed by atoms with Crippen LogP contribution in [0.3, 0.4) is 0 Å². The number of anilines is 1. The van der Waals surface area contributed by atoms with Crippen LogP contribution in [0.4, 0.5) is 5.69 Å². The van der Waals surface area contributed by atoms with E-state index in [2.05, 4.69) is 26.6 Å². The molecule has 3 heterocycles. The molecule has 0 radical (unpaired) electrons. The summed E-state index contributed by atoms with van der Waals surface area (Å²) in [4.78, 5) is 41.3. The second kappa shape index (κ2) is 7.86. The molecule has 9 heteroatoms. The Balaban J connectivity index is 1.70. The predicted molar refractivity (Wildman–Crippen MR) is 117 cm³/mol. The number of rotatable bonds is 5. The van der Waals surface area contributed by atoms with Crippen LogP contribution in [-0.2, 0) is 19.1 Å². The van der Waals surface area contributed by atoms with E-state index in [1.807, 2.05) is 39.0 Å². The Hall–Kier alpha value is -1.97. The fourth-order valence-electron chi connectivity index (χ4n) is 5.26. The van der Waals surface area contributed by atoms with Crippen molar-refractivity contribution in [1.29, 1.82) is 0 Å². The molecule has 3 aliphatic heterocycles. The average molecular weight is 494 g/mol. The highest BCUT2D eigenvalue weighted by Crippen LogP contribution is 2.60. The van der Waals surface area contributed by atoms with Gasteiger partial charge in [-0.05, 0) is 39.3 Å². The molecule has 3 aliphatic rings. The first-order valence-electron chi connectivity index (χ1n) is 10.5. The highest BCUT2D eigenvalue weighted by molar-refractivity contribution is 9.09. The third-order valence-electron chi connectivity index (χ3n) is 6.22. The summed E-state index contributed by atoms with van der Waals surface area (Å²) in [6, 6.07) is 8.14. The topological polar surface area (TPSA) is 108 Å². The first-order valence-corrected chi connectivity index (χ1v) is 11.4. The van der Waals surface area contributed by atoms with Crippen LogP contribution in [0.2, 0.25) is 0 Å². The van der Waals surface area contributed by atoms with Gasteiger partial charge in [0.05, 0.1) is 24.5 Å². The fraction of sp³-hybridized carbons (Fsp3) is 0.591. The molecule has 31 heavy (non-hydrogen) atoms. The average Bonchev–Trinajstić information content (AvgIpc) is 3.25. The largest absolute Gasteiger partial charge is 0.395 e. The summed E-state index contributed by atoms with van der Waals surface area (Å²) in [5, 5.41) is 15.4. The van der Waals surface area contributed by atoms with E-state index in [9.17, 15) is 19.5 Å². The Kier molecular flexibility index (Phi) is 5.64. The van der Waals surface area contributed by atoms with Gasteiger partial charge in [-0.1, -0.05) is 34.1 Å². The highest BCUT2D eigenvalue weighted by atomic mass is 79.9. The fourth-order valence-corrected chi connectivity index (χ4v) is 6.21. The van der Waals surface area contributed by atoms with Gasteiger partial charge in [0, 0.05) is 22.6 Å². The minimum Gasteiger partial charge on any atom is -0.395 e. The molecular weight excluding hydrogens is 466 g/mol. The maximum absolute atomic E-state index is 13.5. The Morgan fingerprint density at radius 1 is 1.26 bits per heavy atom. The number of alkyl halides is 1. The van der Waals surface area contributed by atoms with Gasteiger partial charge >= 0.3 is 0 Å². The zero-order valence-electron chi connectivity index (χ0n) is 17.8. The van der Waals surface area contributed by atoms with Crippen molar-refractivity contribution in [2.24, 2.45) is 11.8 Å². The molecule has 168 valence electrons. The number of hydrogen-bond donors (Lipinski definition) is 3. The number of amides is 3. The van der Waals surface area contributed by atoms with E-state index < -0.39 is 35.1 Å². The first-order chi connectivity index (χ1) is 14.6. The van der Waals surface area contributed by atoms with E-state index in [1.54, 1.807) is 12.1 Å². The van der Waals surface area contributed by atoms with E-state index in [4.69, 9.17) is 4.74 Å². The molecule has 0 aromatic heterocycles. The lowest BCUT2D eigenvalue weighted by Gasteiger charge is -2.35. The van der Waals surface area contributed by atoms with Crippen molar-refractivity contribution in [1.82, 2.24) is 10.2 Å². The number of carbonyl (C=O) groups excluding carboxylic acids is 3. The monoisotopic (exact) mass is 493 g/mol. The van der Waals surface area contributed by atoms with Gasteiger partial charge < -0.3 is 25.4 Å². The molecule has 3 fully saturated rings. The number of aliphatic hydroxyl groups excluding tert-OH is 1. The molecule has 1 spiro atoms. The molecule has 3 saturated heterocycles. The van der Waals surface area contributed by atoms with Gasteiger partial charge in [-0.3, -0.25) is 14.4 Å². The summed E-state index contributed by atoms with van der Waals surface area (Å²) < 4.78 is 6.35. The molecule has 1 aromatic rings. The molecule has 2 bridgehead atoms. The second-order valence-electron chi connectivity index (χ2n) is 9.51. The standard InChI is InChI=1S/C22H28BrN3O5/c1-21(2,3)25-19(29)17-22-11-13(23)16(31-22)14(15(22)20(30)26(17)9-10-27)18(28)24-12-7-5-4-6-8-12/h4-8,13-17,27H,9-11H2,1-3H3,(H,24,28)(H,25,29)/t13?,14-,15+,16-,17?,22?/m1/s1. The van der Waals surface area contributed by atoms with Crippen molar-refractivity contribution in [2.45, 2.75) is 55.3 Å². The third kappa shape index (κ3) is 3.66. The number of aliphatic hydroxyl groups is 1. The Morgan fingerprint density at radius 2 is 1.94 bits per heavy atom. The highest BCUT2D eigenvalue weighted by Gasteiger charge is 2.76. The molecule has 3 amide bonds. The van der Waals surface area contributed by atoms with E-state index in [1.165, 1.54) is 4.90 Å². The lowest BCUT2D eigenvalue weighted by Crippen LogP contribution is -2.58. The van der Waals surface area contributed by atoms with Gasteiger partial charge in [0.25, 0.3) is 0 Å². The zero-order chi connectivity index (χ0) is 22.6. The molecule has 3 unspecified atom stereocenters. The Bertz CT molecular complexity index is 889. The number of β-amino-alcohol motifs (C(OH)–C–C–N with tert-alkyl or cyclic N) is 1. The first kappa shape index (κ1) is 22.2. The number of para-hydroxylation sites is 1. The van der Waals surface area contributed by atoms with Gasteiger partial charge in [-0.15, -0.1) is 0 Å². The van der Waals surface area contributed by atoms with Crippen LogP contribution in [-0.4, -0.2) is 69.0 Å². The van der Waals surface area contributed by atoms with Crippen molar-refractivity contribution in [3.05, 3.63) is 30.3 Å². The quantitative estimate of drug-likeness (QED) is 0.535. The zero-order valence-corrected chi connectivity index (χ0v) is 19.4. The van der Waals surface area contributed by atoms with Crippen LogP contribution in [0, 0.1) is 11.8 Å². The van der Waals surface area contributed by atoms with Crippen LogP contribution in [0.1, 0.15) is 27.2 Å². The van der Waals surface area contributed by atoms with Crippen LogP contribution < -0.4 is 10.6 Å². The summed E-state index contributed by atoms with van der Waals surface area (Å²) in [6.45, 7) is 5.32. The van der Waals surface area contributed by atoms with Crippen molar-refractivity contribution in [3.8, 4) is 0 Å². The van der Waals surface area contributed by atoms with Gasteiger partial charge in [-0.2, -0.15) is 0 Å². The lowest BCUT2D eigenvalue weighted by atomic mass is 9.70. The number of fused-ring (bicyclic) bond motifs is 1. The SMILES string of the molecule is CC(C)(C)NC(=O)C1N(CCO)C(=O)[C@@H]2[C@@H](C(=O)Nc3ccccc3)[C@@H]3OC12CC3Br. The maximum atomic E-state index is 13.5. The van der Waals surface area contributed by atoms with Crippen molar-refractivity contribution in [3.63, 3.8) is 0 Å². The summed E-state index contributed by atoms with van der Waals surface area (Å²) >= 11 is 3.62. The van der Waals surface area contributed by atoms with E-state index in [0.29, 0.717) is 12.1 Å². The minimum absolute atomic E-state index is 0.00726. The number of nitrogens with zero attached hydrogens (tertiary/aromatic N) is 1. The number of carbonyl (C=O) groups is 3. The molecule has 0 saturated carbocycles. The van der Waals surface area contributed by atoms with Crippen LogP contribution in [0.5, 0.6) is 0 Å². The minimum atomic E-state index is -1.11. The van der Waals surface area contributed by atoms with E-state index in [-0.39, 0.29) is 35.7 Å². The van der Waals surface area contributed by atoms with Crippen molar-refractivity contribution >= 4 is 39.3 Å². The van der Waals surface area contributed by atoms with Gasteiger partial charge in [0.15, 0.2) is 0 Å². The molecular formula is C22H28BrN3O5. The second-order valence-corrected chi connectivity index (χ2v) is 10.7. The van der Waals surface area contributed by atoms with Crippen molar-refractivity contribution in [2.75, 3.05) is 18.5 Å². The number of nitrogens with one attached hydrogen (secondary N) is 2. The molecule has 6 atom stereocenters. The third-order valence-corrected chi connectivity index (χ3v) is 7.07. The number of likely N-dealkylation sites (tertiary alicyclic amines) is 1. The Morgan fingerprint density at radius 3 is 2.55 bits per heavy atom. The van der Waals surface area contributed by atoms with Crippen LogP contribution >= 0.6 is 15.9 Å². The summed E-state index contributed by atoms with van der Waals surface area (Å²) in [7, 11) is 0. The lowest BCUT2D eigenvalue weighted by molar-refractivity contribution is -0.142. The predicted octanol–water partition coefficient (Wildman–Crippen LogP) is 1.28. The molecule has 3 N–H and O–H groups in total. The summed E-state index contributed by atoms with van der Waals surface area (Å²) in [5.74, 6) is -2.47.